The van der Waals surface area contributed by atoms with Crippen molar-refractivity contribution in [2.45, 2.75) is 20.0 Å². The Bertz CT molecular complexity index is 924. The first-order valence-corrected chi connectivity index (χ1v) is 9.03. The third-order valence-electron chi connectivity index (χ3n) is 4.38. The molecule has 3 rings (SSSR count). The fourth-order valence-corrected chi connectivity index (χ4v) is 2.98. The highest BCUT2D eigenvalue weighted by atomic mass is 16.5. The van der Waals surface area contributed by atoms with Crippen LogP contribution >= 0.6 is 0 Å². The second kappa shape index (κ2) is 9.14. The van der Waals surface area contributed by atoms with Crippen molar-refractivity contribution in [3.63, 3.8) is 0 Å². The number of aryl methyl sites for hydroxylation is 1. The molecule has 0 radical (unpaired) electrons. The van der Waals surface area contributed by atoms with E-state index in [0.29, 0.717) is 18.8 Å². The highest BCUT2D eigenvalue weighted by Gasteiger charge is 2.14. The zero-order valence-corrected chi connectivity index (χ0v) is 15.7. The molecule has 0 unspecified atom stereocenters. The Labute approximate surface area is 159 Å². The number of hydrogen-bond acceptors (Lipinski definition) is 5. The number of ether oxygens (including phenoxy) is 2. The van der Waals surface area contributed by atoms with E-state index in [9.17, 15) is 4.79 Å². The van der Waals surface area contributed by atoms with Gasteiger partial charge in [0.2, 0.25) is 0 Å². The Morgan fingerprint density at radius 3 is 2.78 bits per heavy atom. The van der Waals surface area contributed by atoms with Crippen LogP contribution in [0.2, 0.25) is 0 Å². The van der Waals surface area contributed by atoms with Crippen LogP contribution in [0.5, 0.6) is 0 Å². The summed E-state index contributed by atoms with van der Waals surface area (Å²) in [5, 5.41) is 4.45. The minimum atomic E-state index is -0.323. The van der Waals surface area contributed by atoms with Crippen LogP contribution in [0, 0.1) is 6.92 Å². The maximum Gasteiger partial charge on any atom is 0.338 e. The standard InChI is InChI=1S/C22H24N2O3/c1-16-7-5-9-18(21(16)22(25)26-2)15-27-14-6-13-23-20-12-11-17-8-3-4-10-19(17)24-20/h3-5,7-12H,6,13-15H2,1-2H3,(H,23,24). The van der Waals surface area contributed by atoms with Gasteiger partial charge in [-0.1, -0.05) is 36.4 Å². The smallest absolute Gasteiger partial charge is 0.338 e. The lowest BCUT2D eigenvalue weighted by atomic mass is 10.0. The lowest BCUT2D eigenvalue weighted by molar-refractivity contribution is 0.0591. The first-order chi connectivity index (χ1) is 13.2. The number of para-hydroxylation sites is 1. The molecular formula is C22H24N2O3. The largest absolute Gasteiger partial charge is 0.465 e. The molecule has 0 aliphatic carbocycles. The molecule has 1 N–H and O–H groups in total. The number of esters is 1. The molecule has 2 aromatic carbocycles. The van der Waals surface area contributed by atoms with E-state index in [1.165, 1.54) is 7.11 Å². The van der Waals surface area contributed by atoms with Crippen LogP contribution in [0.1, 0.15) is 27.9 Å². The van der Waals surface area contributed by atoms with E-state index in [0.717, 1.165) is 40.8 Å². The summed E-state index contributed by atoms with van der Waals surface area (Å²) in [6.45, 7) is 3.65. The number of carbonyl (C=O) groups excluding carboxylic acids is 1. The molecule has 0 spiro atoms. The van der Waals surface area contributed by atoms with Crippen LogP contribution in [0.15, 0.2) is 54.6 Å². The number of fused-ring (bicyclic) bond motifs is 1. The van der Waals surface area contributed by atoms with E-state index in [-0.39, 0.29) is 5.97 Å². The third kappa shape index (κ3) is 4.83. The summed E-state index contributed by atoms with van der Waals surface area (Å²) in [5.74, 6) is 0.538. The van der Waals surface area contributed by atoms with Crippen LogP contribution in [-0.2, 0) is 16.1 Å². The fraction of sp³-hybridized carbons (Fsp3) is 0.273. The summed E-state index contributed by atoms with van der Waals surface area (Å²) < 4.78 is 10.6. The third-order valence-corrected chi connectivity index (χ3v) is 4.38. The zero-order chi connectivity index (χ0) is 19.1. The molecule has 1 aromatic heterocycles. The Morgan fingerprint density at radius 1 is 1.07 bits per heavy atom. The molecule has 3 aromatic rings. The number of methoxy groups -OCH3 is 1. The highest BCUT2D eigenvalue weighted by Crippen LogP contribution is 2.17. The normalized spacial score (nSPS) is 10.7. The average molecular weight is 364 g/mol. The highest BCUT2D eigenvalue weighted by molar-refractivity contribution is 5.92. The van der Waals surface area contributed by atoms with Gasteiger partial charge in [-0.3, -0.25) is 0 Å². The van der Waals surface area contributed by atoms with Crippen LogP contribution in [-0.4, -0.2) is 31.2 Å². The van der Waals surface area contributed by atoms with Gasteiger partial charge in [0.25, 0.3) is 0 Å². The van der Waals surface area contributed by atoms with Gasteiger partial charge in [-0.15, -0.1) is 0 Å². The summed E-state index contributed by atoms with van der Waals surface area (Å²) in [4.78, 5) is 16.5. The molecule has 140 valence electrons. The lowest BCUT2D eigenvalue weighted by Gasteiger charge is -2.11. The van der Waals surface area contributed by atoms with E-state index in [1.54, 1.807) is 0 Å². The summed E-state index contributed by atoms with van der Waals surface area (Å²) in [5.41, 5.74) is 3.32. The van der Waals surface area contributed by atoms with Crippen molar-refractivity contribution in [3.8, 4) is 0 Å². The molecular weight excluding hydrogens is 340 g/mol. The predicted octanol–water partition coefficient (Wildman–Crippen LogP) is 4.35. The Balaban J connectivity index is 1.45. The molecule has 0 bridgehead atoms. The molecule has 0 fully saturated rings. The molecule has 0 saturated heterocycles. The molecule has 5 nitrogen and oxygen atoms in total. The Hall–Kier alpha value is -2.92. The van der Waals surface area contributed by atoms with Crippen LogP contribution in [0.3, 0.4) is 0 Å². The topological polar surface area (TPSA) is 60.5 Å². The number of benzene rings is 2. The summed E-state index contributed by atoms with van der Waals surface area (Å²) >= 11 is 0. The summed E-state index contributed by atoms with van der Waals surface area (Å²) in [6, 6.07) is 17.8. The number of anilines is 1. The molecule has 0 saturated carbocycles. The van der Waals surface area contributed by atoms with Gasteiger partial charge in [0.1, 0.15) is 5.82 Å². The van der Waals surface area contributed by atoms with Gasteiger partial charge in [0, 0.05) is 18.5 Å². The predicted molar refractivity (Wildman–Crippen MR) is 107 cm³/mol. The maximum atomic E-state index is 11.9. The monoisotopic (exact) mass is 364 g/mol. The quantitative estimate of drug-likeness (QED) is 0.476. The van der Waals surface area contributed by atoms with Crippen molar-refractivity contribution in [1.82, 2.24) is 4.98 Å². The zero-order valence-electron chi connectivity index (χ0n) is 15.7. The number of nitrogens with one attached hydrogen (secondary N) is 1. The van der Waals surface area contributed by atoms with Crippen molar-refractivity contribution in [2.75, 3.05) is 25.6 Å². The fourth-order valence-electron chi connectivity index (χ4n) is 2.98. The maximum absolute atomic E-state index is 11.9. The summed E-state index contributed by atoms with van der Waals surface area (Å²) in [6.07, 6.45) is 0.841. The van der Waals surface area contributed by atoms with Crippen LogP contribution in [0.25, 0.3) is 10.9 Å². The first kappa shape index (κ1) is 18.9. The SMILES string of the molecule is COC(=O)c1c(C)cccc1COCCCNc1ccc2ccccc2n1. The molecule has 0 amide bonds. The van der Waals surface area contributed by atoms with Gasteiger partial charge in [-0.05, 0) is 42.7 Å². The number of aromatic nitrogens is 1. The van der Waals surface area contributed by atoms with Crippen LogP contribution in [0.4, 0.5) is 5.82 Å². The van der Waals surface area contributed by atoms with Gasteiger partial charge >= 0.3 is 5.97 Å². The molecule has 0 aliphatic heterocycles. The minimum Gasteiger partial charge on any atom is -0.465 e. The van der Waals surface area contributed by atoms with Gasteiger partial charge in [-0.2, -0.15) is 0 Å². The number of nitrogens with zero attached hydrogens (tertiary/aromatic N) is 1. The van der Waals surface area contributed by atoms with Crippen molar-refractivity contribution in [3.05, 3.63) is 71.3 Å². The van der Waals surface area contributed by atoms with Gasteiger partial charge in [0.05, 0.1) is 24.8 Å². The number of pyridine rings is 1. The Kier molecular flexibility index (Phi) is 6.39. The number of hydrogen-bond donors (Lipinski definition) is 1. The van der Waals surface area contributed by atoms with Gasteiger partial charge < -0.3 is 14.8 Å². The molecule has 27 heavy (non-hydrogen) atoms. The van der Waals surface area contributed by atoms with Gasteiger partial charge in [0.15, 0.2) is 0 Å². The van der Waals surface area contributed by atoms with Crippen molar-refractivity contribution < 1.29 is 14.3 Å². The second-order valence-electron chi connectivity index (χ2n) is 6.32. The molecule has 1 heterocycles. The van der Waals surface area contributed by atoms with E-state index in [2.05, 4.69) is 16.4 Å². The van der Waals surface area contributed by atoms with Crippen molar-refractivity contribution in [2.24, 2.45) is 0 Å². The summed E-state index contributed by atoms with van der Waals surface area (Å²) in [7, 11) is 1.39. The van der Waals surface area contributed by atoms with E-state index < -0.39 is 0 Å². The number of rotatable bonds is 8. The molecule has 0 atom stereocenters. The molecule has 5 heteroatoms. The van der Waals surface area contributed by atoms with E-state index in [1.807, 2.05) is 55.5 Å². The van der Waals surface area contributed by atoms with Crippen molar-refractivity contribution >= 4 is 22.7 Å². The average Bonchev–Trinajstić information content (AvgIpc) is 2.70. The minimum absolute atomic E-state index is 0.323. The van der Waals surface area contributed by atoms with Gasteiger partial charge in [-0.25, -0.2) is 9.78 Å². The van der Waals surface area contributed by atoms with E-state index >= 15 is 0 Å². The van der Waals surface area contributed by atoms with E-state index in [4.69, 9.17) is 9.47 Å². The molecule has 0 aliphatic rings. The van der Waals surface area contributed by atoms with Crippen molar-refractivity contribution in [1.29, 1.82) is 0 Å². The Morgan fingerprint density at radius 2 is 1.93 bits per heavy atom. The second-order valence-corrected chi connectivity index (χ2v) is 6.32. The first-order valence-electron chi connectivity index (χ1n) is 9.03. The number of carbonyl (C=O) groups is 1. The lowest BCUT2D eigenvalue weighted by Crippen LogP contribution is -2.11. The van der Waals surface area contributed by atoms with Crippen LogP contribution < -0.4 is 5.32 Å².